The van der Waals surface area contributed by atoms with Gasteiger partial charge >= 0.3 is 5.97 Å². The molecule has 6 heteroatoms. The van der Waals surface area contributed by atoms with E-state index in [1.54, 1.807) is 0 Å². The fourth-order valence-corrected chi connectivity index (χ4v) is 9.93. The Kier molecular flexibility index (Phi) is 58.5. The Bertz CT molecular complexity index is 1090. The normalized spacial score (nSPS) is 12.7. The largest absolute Gasteiger partial charge is 0.466 e. The molecular formula is C64H123NO5. The number of amides is 1. The van der Waals surface area contributed by atoms with Crippen LogP contribution in [0.3, 0.4) is 0 Å². The van der Waals surface area contributed by atoms with Gasteiger partial charge in [-0.2, -0.15) is 0 Å². The van der Waals surface area contributed by atoms with E-state index in [1.165, 1.54) is 257 Å². The Balaban J connectivity index is 3.50. The summed E-state index contributed by atoms with van der Waals surface area (Å²) >= 11 is 0. The number of hydrogen-bond donors (Lipinski definition) is 3. The maximum atomic E-state index is 12.5. The summed E-state index contributed by atoms with van der Waals surface area (Å²) in [5, 5.41) is 23.3. The topological polar surface area (TPSA) is 95.9 Å². The van der Waals surface area contributed by atoms with Crippen molar-refractivity contribution < 1.29 is 24.5 Å². The van der Waals surface area contributed by atoms with E-state index in [9.17, 15) is 19.8 Å². The van der Waals surface area contributed by atoms with Crippen LogP contribution in [0.2, 0.25) is 0 Å². The predicted molar refractivity (Wildman–Crippen MR) is 306 cm³/mol. The first-order valence-electron chi connectivity index (χ1n) is 31.6. The highest BCUT2D eigenvalue weighted by molar-refractivity contribution is 5.76. The summed E-state index contributed by atoms with van der Waals surface area (Å²) in [5.41, 5.74) is 0. The Morgan fingerprint density at radius 3 is 1.11 bits per heavy atom. The number of allylic oxidation sites excluding steroid dienone is 4. The molecule has 0 aliphatic heterocycles. The molecule has 0 bridgehead atoms. The van der Waals surface area contributed by atoms with Crippen LogP contribution in [-0.4, -0.2) is 47.4 Å². The van der Waals surface area contributed by atoms with E-state index < -0.39 is 12.1 Å². The third kappa shape index (κ3) is 55.7. The van der Waals surface area contributed by atoms with Crippen LogP contribution in [0.15, 0.2) is 24.3 Å². The maximum absolute atomic E-state index is 12.5. The first kappa shape index (κ1) is 68.3. The lowest BCUT2D eigenvalue weighted by atomic mass is 10.0. The molecule has 0 spiro atoms. The number of carbonyl (C=O) groups is 2. The first-order valence-corrected chi connectivity index (χ1v) is 31.6. The van der Waals surface area contributed by atoms with Crippen LogP contribution in [-0.2, 0) is 14.3 Å². The van der Waals surface area contributed by atoms with Crippen molar-refractivity contribution in [1.29, 1.82) is 0 Å². The minimum absolute atomic E-state index is 0.0125. The number of aliphatic hydroxyl groups is 2. The average Bonchev–Trinajstić information content (AvgIpc) is 3.36. The van der Waals surface area contributed by atoms with E-state index in [2.05, 4.69) is 43.5 Å². The monoisotopic (exact) mass is 986 g/mol. The lowest BCUT2D eigenvalue weighted by Crippen LogP contribution is -2.45. The van der Waals surface area contributed by atoms with Crippen molar-refractivity contribution >= 4 is 11.9 Å². The van der Waals surface area contributed by atoms with Crippen LogP contribution in [0, 0.1) is 0 Å². The first-order chi connectivity index (χ1) is 34.5. The number of rotatable bonds is 59. The smallest absolute Gasteiger partial charge is 0.305 e. The van der Waals surface area contributed by atoms with Crippen LogP contribution < -0.4 is 5.32 Å². The van der Waals surface area contributed by atoms with Gasteiger partial charge in [0, 0.05) is 12.8 Å². The molecule has 414 valence electrons. The second kappa shape index (κ2) is 59.9. The zero-order chi connectivity index (χ0) is 50.7. The molecule has 70 heavy (non-hydrogen) atoms. The highest BCUT2D eigenvalue weighted by Crippen LogP contribution is 2.18. The lowest BCUT2D eigenvalue weighted by Gasteiger charge is -2.22. The molecule has 0 aromatic heterocycles. The molecule has 0 aliphatic carbocycles. The predicted octanol–water partition coefficient (Wildman–Crippen LogP) is 19.8. The van der Waals surface area contributed by atoms with Gasteiger partial charge < -0.3 is 20.3 Å². The summed E-state index contributed by atoms with van der Waals surface area (Å²) < 4.78 is 5.47. The van der Waals surface area contributed by atoms with Crippen LogP contribution in [0.5, 0.6) is 0 Å². The number of aliphatic hydroxyl groups excluding tert-OH is 2. The van der Waals surface area contributed by atoms with Gasteiger partial charge in [-0.1, -0.05) is 314 Å². The Morgan fingerprint density at radius 1 is 0.400 bits per heavy atom. The minimum Gasteiger partial charge on any atom is -0.466 e. The van der Waals surface area contributed by atoms with Crippen LogP contribution in [0.4, 0.5) is 0 Å². The van der Waals surface area contributed by atoms with Crippen molar-refractivity contribution in [2.24, 2.45) is 0 Å². The molecule has 0 aromatic carbocycles. The van der Waals surface area contributed by atoms with Gasteiger partial charge in [0.25, 0.3) is 0 Å². The van der Waals surface area contributed by atoms with Gasteiger partial charge in [0.05, 0.1) is 25.4 Å². The van der Waals surface area contributed by atoms with Crippen LogP contribution in [0.1, 0.15) is 348 Å². The maximum Gasteiger partial charge on any atom is 0.305 e. The van der Waals surface area contributed by atoms with Gasteiger partial charge in [0.15, 0.2) is 0 Å². The molecule has 3 N–H and O–H groups in total. The summed E-state index contributed by atoms with van der Waals surface area (Å²) in [4.78, 5) is 24.6. The summed E-state index contributed by atoms with van der Waals surface area (Å²) in [6.07, 6.45) is 73.5. The third-order valence-electron chi connectivity index (χ3n) is 14.8. The van der Waals surface area contributed by atoms with Gasteiger partial charge in [-0.25, -0.2) is 0 Å². The van der Waals surface area contributed by atoms with Crippen molar-refractivity contribution in [2.45, 2.75) is 360 Å². The highest BCUT2D eigenvalue weighted by Gasteiger charge is 2.20. The number of unbranched alkanes of at least 4 members (excludes halogenated alkanes) is 44. The van der Waals surface area contributed by atoms with Gasteiger partial charge in [-0.05, 0) is 44.9 Å². The van der Waals surface area contributed by atoms with Crippen molar-refractivity contribution in [3.05, 3.63) is 24.3 Å². The highest BCUT2D eigenvalue weighted by atomic mass is 16.5. The molecule has 2 atom stereocenters. The fraction of sp³-hybridized carbons (Fsp3) is 0.906. The van der Waals surface area contributed by atoms with Crippen molar-refractivity contribution in [3.63, 3.8) is 0 Å². The van der Waals surface area contributed by atoms with E-state index in [4.69, 9.17) is 4.74 Å². The molecule has 0 heterocycles. The molecule has 0 aromatic rings. The number of ether oxygens (including phenoxy) is 1. The zero-order valence-electron chi connectivity index (χ0n) is 47.3. The quantitative estimate of drug-likeness (QED) is 0.0321. The van der Waals surface area contributed by atoms with Gasteiger partial charge in [-0.15, -0.1) is 0 Å². The Hall–Kier alpha value is -1.66. The van der Waals surface area contributed by atoms with Crippen LogP contribution >= 0.6 is 0 Å². The molecule has 0 saturated heterocycles. The lowest BCUT2D eigenvalue weighted by molar-refractivity contribution is -0.143. The average molecular weight is 987 g/mol. The Labute approximate surface area is 437 Å². The van der Waals surface area contributed by atoms with E-state index in [-0.39, 0.29) is 18.5 Å². The van der Waals surface area contributed by atoms with E-state index >= 15 is 0 Å². The molecule has 1 amide bonds. The molecule has 0 radical (unpaired) electrons. The Morgan fingerprint density at radius 2 is 0.729 bits per heavy atom. The van der Waals surface area contributed by atoms with Crippen LogP contribution in [0.25, 0.3) is 0 Å². The van der Waals surface area contributed by atoms with E-state index in [0.29, 0.717) is 32.3 Å². The summed E-state index contributed by atoms with van der Waals surface area (Å²) in [7, 11) is 0. The van der Waals surface area contributed by atoms with E-state index in [1.807, 2.05) is 0 Å². The SMILES string of the molecule is CCCCCCCCCCCCCCCCCCCCCCCCCCC(O)C(CO)NC(=O)CC/C=C\C/C=C\CCCCCCCCOC(=O)CCCCCCCCCCCCCCCCCC. The van der Waals surface area contributed by atoms with Crippen molar-refractivity contribution in [2.75, 3.05) is 13.2 Å². The van der Waals surface area contributed by atoms with Gasteiger partial charge in [0.2, 0.25) is 5.91 Å². The fourth-order valence-electron chi connectivity index (χ4n) is 9.93. The summed E-state index contributed by atoms with van der Waals surface area (Å²) in [6, 6.07) is -0.586. The second-order valence-electron chi connectivity index (χ2n) is 21.7. The third-order valence-corrected chi connectivity index (χ3v) is 14.8. The van der Waals surface area contributed by atoms with Crippen molar-refractivity contribution in [1.82, 2.24) is 5.32 Å². The number of esters is 1. The minimum atomic E-state index is -0.700. The zero-order valence-corrected chi connectivity index (χ0v) is 47.3. The second-order valence-corrected chi connectivity index (χ2v) is 21.7. The van der Waals surface area contributed by atoms with Gasteiger partial charge in [-0.3, -0.25) is 9.59 Å². The molecule has 2 unspecified atom stereocenters. The van der Waals surface area contributed by atoms with Crippen molar-refractivity contribution in [3.8, 4) is 0 Å². The van der Waals surface area contributed by atoms with E-state index in [0.717, 1.165) is 51.4 Å². The number of carbonyl (C=O) groups excluding carboxylic acids is 2. The summed E-state index contributed by atoms with van der Waals surface area (Å²) in [6.45, 7) is 4.92. The number of hydrogen-bond acceptors (Lipinski definition) is 5. The number of nitrogens with one attached hydrogen (secondary N) is 1. The molecule has 0 aliphatic rings. The summed E-state index contributed by atoms with van der Waals surface area (Å²) in [5.74, 6) is -0.124. The molecule has 0 rings (SSSR count). The molecule has 0 fully saturated rings. The molecular weight excluding hydrogens is 863 g/mol. The van der Waals surface area contributed by atoms with Gasteiger partial charge in [0.1, 0.15) is 0 Å². The molecule has 0 saturated carbocycles. The molecule has 6 nitrogen and oxygen atoms in total. The standard InChI is InChI=1S/C64H123NO5/c1-3-5-7-9-11-13-15-17-19-21-22-23-24-25-26-27-28-29-32-36-40-44-48-52-56-62(67)61(60-66)65-63(68)57-53-49-45-41-37-33-31-35-39-43-47-51-55-59-70-64(69)58-54-50-46-42-38-34-30-20-18-16-14-12-10-8-6-4-2/h33,37,45,49,61-62,66-67H,3-32,34-36,38-44,46-48,50-60H2,1-2H3,(H,65,68)/b37-33-,49-45-.